The molecule has 2 fully saturated rings. The van der Waals surface area contributed by atoms with Crippen LogP contribution in [0.4, 0.5) is 8.78 Å². The van der Waals surface area contributed by atoms with Gasteiger partial charge in [0.1, 0.15) is 0 Å². The Morgan fingerprint density at radius 2 is 2.18 bits per heavy atom. The molecule has 5 heteroatoms. The average molecular weight is 255 g/mol. The molecule has 0 radical (unpaired) electrons. The minimum absolute atomic E-state index is 0.184. The van der Waals surface area contributed by atoms with Gasteiger partial charge in [-0.05, 0) is 24.6 Å². The van der Waals surface area contributed by atoms with Gasteiger partial charge in [0.25, 0.3) is 5.91 Å². The van der Waals surface area contributed by atoms with E-state index in [1.807, 2.05) is 11.8 Å². The third kappa shape index (κ3) is 1.82. The zero-order chi connectivity index (χ0) is 12.0. The smallest absolute Gasteiger partial charge is 0.254 e. The third-order valence-corrected chi connectivity index (χ3v) is 4.72. The molecule has 2 heterocycles. The van der Waals surface area contributed by atoms with Crippen molar-refractivity contribution in [2.45, 2.75) is 17.7 Å². The summed E-state index contributed by atoms with van der Waals surface area (Å²) in [5.74, 6) is -1.11. The van der Waals surface area contributed by atoms with E-state index in [0.717, 1.165) is 30.9 Å². The van der Waals surface area contributed by atoms with E-state index in [2.05, 4.69) is 0 Å². The number of likely N-dealkylation sites (tertiary alicyclic amines) is 1. The first-order valence-corrected chi connectivity index (χ1v) is 6.57. The van der Waals surface area contributed by atoms with E-state index in [1.54, 1.807) is 4.90 Å². The van der Waals surface area contributed by atoms with Crippen LogP contribution < -0.4 is 0 Å². The first kappa shape index (κ1) is 11.0. The van der Waals surface area contributed by atoms with Crippen molar-refractivity contribution in [1.29, 1.82) is 0 Å². The first-order valence-electron chi connectivity index (χ1n) is 5.53. The van der Waals surface area contributed by atoms with Crippen molar-refractivity contribution in [1.82, 2.24) is 4.90 Å². The van der Waals surface area contributed by atoms with E-state index in [4.69, 9.17) is 0 Å². The lowest BCUT2D eigenvalue weighted by Gasteiger charge is -2.26. The number of hydrogen-bond acceptors (Lipinski definition) is 2. The molecule has 0 spiro atoms. The molecule has 0 saturated carbocycles. The standard InChI is InChI=1S/C12H11F2NOS/c13-10-2-1-7(3-11(10)14)12(16)15-5-9-4-8(15)6-17-9/h1-3,8-9H,4-6H2/t8-,9+/m0/s1. The Labute approximate surface area is 102 Å². The fraction of sp³-hybridized carbons (Fsp3) is 0.417. The second-order valence-electron chi connectivity index (χ2n) is 4.43. The van der Waals surface area contributed by atoms with Gasteiger partial charge in [0.2, 0.25) is 0 Å². The third-order valence-electron chi connectivity index (χ3n) is 3.33. The molecule has 17 heavy (non-hydrogen) atoms. The van der Waals surface area contributed by atoms with Crippen LogP contribution in [0.2, 0.25) is 0 Å². The highest BCUT2D eigenvalue weighted by Crippen LogP contribution is 2.38. The van der Waals surface area contributed by atoms with Gasteiger partial charge in [-0.3, -0.25) is 4.79 Å². The molecule has 2 nitrogen and oxygen atoms in total. The SMILES string of the molecule is O=C(c1ccc(F)c(F)c1)N1C[C@H]2C[C@H]1CS2. The molecule has 2 bridgehead atoms. The van der Waals surface area contributed by atoms with Gasteiger partial charge < -0.3 is 4.90 Å². The van der Waals surface area contributed by atoms with Gasteiger partial charge in [-0.25, -0.2) is 8.78 Å². The van der Waals surface area contributed by atoms with Crippen LogP contribution in [0.25, 0.3) is 0 Å². The maximum absolute atomic E-state index is 13.1. The second-order valence-corrected chi connectivity index (χ2v) is 5.76. The molecule has 2 aliphatic rings. The lowest BCUT2D eigenvalue weighted by molar-refractivity contribution is 0.0747. The number of amides is 1. The van der Waals surface area contributed by atoms with Gasteiger partial charge in [-0.15, -0.1) is 0 Å². The Balaban J connectivity index is 1.84. The van der Waals surface area contributed by atoms with Crippen molar-refractivity contribution in [2.24, 2.45) is 0 Å². The molecule has 0 N–H and O–H groups in total. The first-order chi connectivity index (χ1) is 8.15. The fourth-order valence-electron chi connectivity index (χ4n) is 2.44. The van der Waals surface area contributed by atoms with Crippen LogP contribution in [-0.2, 0) is 0 Å². The van der Waals surface area contributed by atoms with Crippen LogP contribution in [0.3, 0.4) is 0 Å². The van der Waals surface area contributed by atoms with E-state index in [0.29, 0.717) is 5.25 Å². The molecule has 1 amide bonds. The number of hydrogen-bond donors (Lipinski definition) is 0. The quantitative estimate of drug-likeness (QED) is 0.767. The normalized spacial score (nSPS) is 26.6. The Bertz CT molecular complexity index is 480. The number of fused-ring (bicyclic) bond motifs is 2. The van der Waals surface area contributed by atoms with Crippen molar-refractivity contribution in [2.75, 3.05) is 12.3 Å². The second kappa shape index (κ2) is 3.98. The average Bonchev–Trinajstić information content (AvgIpc) is 2.93. The lowest BCUT2D eigenvalue weighted by Crippen LogP contribution is -2.39. The molecule has 0 aliphatic carbocycles. The molecule has 2 atom stereocenters. The van der Waals surface area contributed by atoms with Crippen LogP contribution in [0.1, 0.15) is 16.8 Å². The highest BCUT2D eigenvalue weighted by molar-refractivity contribution is 8.00. The van der Waals surface area contributed by atoms with E-state index in [-0.39, 0.29) is 17.5 Å². The van der Waals surface area contributed by atoms with Crippen LogP contribution in [-0.4, -0.2) is 34.4 Å². The Morgan fingerprint density at radius 3 is 2.76 bits per heavy atom. The number of carbonyl (C=O) groups is 1. The van der Waals surface area contributed by atoms with Gasteiger partial charge in [0, 0.05) is 29.2 Å². The van der Waals surface area contributed by atoms with Crippen molar-refractivity contribution >= 4 is 17.7 Å². The van der Waals surface area contributed by atoms with Gasteiger partial charge in [-0.2, -0.15) is 11.8 Å². The van der Waals surface area contributed by atoms with Crippen molar-refractivity contribution in [3.63, 3.8) is 0 Å². The summed E-state index contributed by atoms with van der Waals surface area (Å²) in [6.07, 6.45) is 1.03. The predicted molar refractivity (Wildman–Crippen MR) is 62.0 cm³/mol. The van der Waals surface area contributed by atoms with E-state index in [1.165, 1.54) is 6.07 Å². The lowest BCUT2D eigenvalue weighted by atomic mass is 10.1. The Morgan fingerprint density at radius 1 is 1.35 bits per heavy atom. The summed E-state index contributed by atoms with van der Waals surface area (Å²) in [4.78, 5) is 13.9. The maximum atomic E-state index is 13.1. The molecule has 3 rings (SSSR count). The molecule has 0 aromatic heterocycles. The van der Waals surface area contributed by atoms with Crippen LogP contribution >= 0.6 is 11.8 Å². The fourth-order valence-corrected chi connectivity index (χ4v) is 3.88. The number of benzene rings is 1. The molecule has 1 aromatic rings. The monoisotopic (exact) mass is 255 g/mol. The van der Waals surface area contributed by atoms with Crippen LogP contribution in [0.15, 0.2) is 18.2 Å². The van der Waals surface area contributed by atoms with E-state index >= 15 is 0 Å². The summed E-state index contributed by atoms with van der Waals surface area (Å²) < 4.78 is 25.9. The summed E-state index contributed by atoms with van der Waals surface area (Å²) in [6, 6.07) is 3.60. The predicted octanol–water partition coefficient (Wildman–Crippen LogP) is 2.29. The minimum Gasteiger partial charge on any atom is -0.334 e. The maximum Gasteiger partial charge on any atom is 0.254 e. The Kier molecular flexibility index (Phi) is 2.58. The number of thioether (sulfide) groups is 1. The van der Waals surface area contributed by atoms with Crippen LogP contribution in [0.5, 0.6) is 0 Å². The zero-order valence-corrected chi connectivity index (χ0v) is 9.84. The van der Waals surface area contributed by atoms with Gasteiger partial charge in [-0.1, -0.05) is 0 Å². The molecule has 2 aliphatic heterocycles. The summed E-state index contributed by atoms with van der Waals surface area (Å²) in [7, 11) is 0. The molecular weight excluding hydrogens is 244 g/mol. The van der Waals surface area contributed by atoms with Crippen LogP contribution in [0, 0.1) is 11.6 Å². The summed E-state index contributed by atoms with van der Waals surface area (Å²) >= 11 is 1.89. The number of halogens is 2. The van der Waals surface area contributed by atoms with Crippen molar-refractivity contribution in [3.8, 4) is 0 Å². The molecule has 0 unspecified atom stereocenters. The number of nitrogens with zero attached hydrogens (tertiary/aromatic N) is 1. The topological polar surface area (TPSA) is 20.3 Å². The number of carbonyl (C=O) groups excluding carboxylic acids is 1. The van der Waals surface area contributed by atoms with E-state index in [9.17, 15) is 13.6 Å². The summed E-state index contributed by atoms with van der Waals surface area (Å²) in [6.45, 7) is 0.729. The van der Waals surface area contributed by atoms with Gasteiger partial charge in [0.05, 0.1) is 0 Å². The number of rotatable bonds is 1. The molecule has 2 saturated heterocycles. The van der Waals surface area contributed by atoms with Gasteiger partial charge in [0.15, 0.2) is 11.6 Å². The Hall–Kier alpha value is -1.10. The highest BCUT2D eigenvalue weighted by Gasteiger charge is 2.41. The molecular formula is C12H11F2NOS. The highest BCUT2D eigenvalue weighted by atomic mass is 32.2. The largest absolute Gasteiger partial charge is 0.334 e. The van der Waals surface area contributed by atoms with Gasteiger partial charge >= 0.3 is 0 Å². The summed E-state index contributed by atoms with van der Waals surface area (Å²) in [5.41, 5.74) is 0.237. The van der Waals surface area contributed by atoms with Crippen molar-refractivity contribution < 1.29 is 13.6 Å². The summed E-state index contributed by atoms with van der Waals surface area (Å²) in [5, 5.41) is 0.522. The zero-order valence-electron chi connectivity index (χ0n) is 9.03. The minimum atomic E-state index is -0.963. The molecule has 1 aromatic carbocycles. The van der Waals surface area contributed by atoms with Crippen molar-refractivity contribution in [3.05, 3.63) is 35.4 Å². The van der Waals surface area contributed by atoms with E-state index < -0.39 is 11.6 Å². The molecule has 90 valence electrons.